The minimum atomic E-state index is -0.183. The molecule has 5 heteroatoms. The Labute approximate surface area is 129 Å². The van der Waals surface area contributed by atoms with Crippen molar-refractivity contribution in [1.82, 2.24) is 14.8 Å². The zero-order valence-corrected chi connectivity index (χ0v) is 12.7. The summed E-state index contributed by atoms with van der Waals surface area (Å²) < 4.78 is 21.1. The van der Waals surface area contributed by atoms with Gasteiger partial charge in [0.1, 0.15) is 18.5 Å². The van der Waals surface area contributed by atoms with Gasteiger partial charge < -0.3 is 4.74 Å². The van der Waals surface area contributed by atoms with Gasteiger partial charge in [0.2, 0.25) is 0 Å². The van der Waals surface area contributed by atoms with Gasteiger partial charge in [-0.15, -0.1) is 0 Å². The second-order valence-electron chi connectivity index (χ2n) is 6.90. The fourth-order valence-corrected chi connectivity index (χ4v) is 4.22. The lowest BCUT2D eigenvalue weighted by atomic mass is 9.67. The van der Waals surface area contributed by atoms with Crippen LogP contribution >= 0.6 is 0 Å². The number of halogens is 1. The Morgan fingerprint density at radius 2 is 2.18 bits per heavy atom. The van der Waals surface area contributed by atoms with E-state index in [2.05, 4.69) is 17.0 Å². The molecule has 2 aromatic rings. The summed E-state index contributed by atoms with van der Waals surface area (Å²) in [6.45, 7) is 3.88. The standard InChI is InChI=1S/C17H20FN3O/c1-16-7-6-14(8-13-2-4-15(18)5-3-13)17(16,22-10-16)9-21-12-19-11-20-21/h2-5,11-12,14H,6-10H2,1H3/t14-,16+,17+/m1/s1. The molecule has 2 aliphatic rings. The first-order chi connectivity index (χ1) is 10.6. The monoisotopic (exact) mass is 301 g/mol. The zero-order valence-electron chi connectivity index (χ0n) is 12.7. The highest BCUT2D eigenvalue weighted by atomic mass is 19.1. The number of rotatable bonds is 4. The fourth-order valence-electron chi connectivity index (χ4n) is 4.22. The van der Waals surface area contributed by atoms with Crippen LogP contribution in [0.2, 0.25) is 0 Å². The van der Waals surface area contributed by atoms with Crippen molar-refractivity contribution < 1.29 is 9.13 Å². The third kappa shape index (κ3) is 1.99. The number of fused-ring (bicyclic) bond motifs is 1. The van der Waals surface area contributed by atoms with Gasteiger partial charge in [-0.25, -0.2) is 9.37 Å². The maximum Gasteiger partial charge on any atom is 0.137 e. The Bertz CT molecular complexity index is 657. The van der Waals surface area contributed by atoms with E-state index in [4.69, 9.17) is 4.74 Å². The molecule has 1 aliphatic heterocycles. The van der Waals surface area contributed by atoms with Gasteiger partial charge in [-0.2, -0.15) is 5.10 Å². The van der Waals surface area contributed by atoms with Crippen molar-refractivity contribution in [3.8, 4) is 0 Å². The van der Waals surface area contributed by atoms with E-state index in [9.17, 15) is 4.39 Å². The molecular formula is C17H20FN3O. The smallest absolute Gasteiger partial charge is 0.137 e. The molecule has 2 fully saturated rings. The van der Waals surface area contributed by atoms with Crippen molar-refractivity contribution >= 4 is 0 Å². The van der Waals surface area contributed by atoms with Crippen LogP contribution in [0, 0.1) is 17.2 Å². The van der Waals surface area contributed by atoms with Gasteiger partial charge in [-0.3, -0.25) is 4.68 Å². The van der Waals surface area contributed by atoms with E-state index < -0.39 is 0 Å². The van der Waals surface area contributed by atoms with Gasteiger partial charge in [0.25, 0.3) is 0 Å². The minimum absolute atomic E-state index is 0.172. The molecule has 1 aromatic carbocycles. The van der Waals surface area contributed by atoms with Crippen LogP contribution in [0.5, 0.6) is 0 Å². The average molecular weight is 301 g/mol. The molecular weight excluding hydrogens is 281 g/mol. The van der Waals surface area contributed by atoms with Crippen molar-refractivity contribution in [3.63, 3.8) is 0 Å². The molecule has 4 nitrogen and oxygen atoms in total. The summed E-state index contributed by atoms with van der Waals surface area (Å²) in [5.74, 6) is 0.248. The Kier molecular flexibility index (Phi) is 3.08. The third-order valence-corrected chi connectivity index (χ3v) is 5.63. The molecule has 0 N–H and O–H groups in total. The number of hydrogen-bond acceptors (Lipinski definition) is 3. The molecule has 1 saturated carbocycles. The second kappa shape index (κ2) is 4.88. The molecule has 1 aliphatic carbocycles. The topological polar surface area (TPSA) is 39.9 Å². The first-order valence-electron chi connectivity index (χ1n) is 7.82. The molecule has 2 heterocycles. The van der Waals surface area contributed by atoms with E-state index in [1.54, 1.807) is 12.7 Å². The van der Waals surface area contributed by atoms with Crippen molar-refractivity contribution in [3.05, 3.63) is 48.3 Å². The number of benzene rings is 1. The van der Waals surface area contributed by atoms with Crippen LogP contribution < -0.4 is 0 Å². The van der Waals surface area contributed by atoms with Crippen LogP contribution in [-0.2, 0) is 17.7 Å². The van der Waals surface area contributed by atoms with E-state index in [1.165, 1.54) is 24.1 Å². The Hall–Kier alpha value is -1.75. The minimum Gasteiger partial charge on any atom is -0.371 e. The summed E-state index contributed by atoms with van der Waals surface area (Å²) in [5, 5.41) is 4.25. The molecule has 4 rings (SSSR count). The van der Waals surface area contributed by atoms with Gasteiger partial charge in [-0.05, 0) is 42.9 Å². The van der Waals surface area contributed by atoms with Crippen molar-refractivity contribution in [2.75, 3.05) is 6.61 Å². The lowest BCUT2D eigenvalue weighted by Crippen LogP contribution is -2.63. The van der Waals surface area contributed by atoms with Gasteiger partial charge in [0, 0.05) is 5.41 Å². The molecule has 0 radical (unpaired) electrons. The number of hydrogen-bond donors (Lipinski definition) is 0. The molecule has 0 bridgehead atoms. The van der Waals surface area contributed by atoms with Gasteiger partial charge in [0.15, 0.2) is 0 Å². The van der Waals surface area contributed by atoms with E-state index in [0.717, 1.165) is 26.0 Å². The predicted octanol–water partition coefficient (Wildman–Crippen LogP) is 2.85. The summed E-state index contributed by atoms with van der Waals surface area (Å²) in [6.07, 6.45) is 6.56. The van der Waals surface area contributed by atoms with E-state index >= 15 is 0 Å². The SMILES string of the molecule is C[C@@]12CC[C@H](Cc3ccc(F)cc3)[C@]1(Cn1cncn1)OC2. The normalized spacial score (nSPS) is 33.5. The molecule has 0 amide bonds. The maximum absolute atomic E-state index is 13.1. The highest BCUT2D eigenvalue weighted by Crippen LogP contribution is 2.60. The third-order valence-electron chi connectivity index (χ3n) is 5.63. The maximum atomic E-state index is 13.1. The molecule has 0 unspecified atom stereocenters. The van der Waals surface area contributed by atoms with Crippen molar-refractivity contribution in [1.29, 1.82) is 0 Å². The van der Waals surface area contributed by atoms with Gasteiger partial charge >= 0.3 is 0 Å². The van der Waals surface area contributed by atoms with Gasteiger partial charge in [0.05, 0.1) is 18.8 Å². The van der Waals surface area contributed by atoms with Gasteiger partial charge in [-0.1, -0.05) is 19.1 Å². The highest BCUT2D eigenvalue weighted by molar-refractivity contribution is 5.21. The van der Waals surface area contributed by atoms with Crippen molar-refractivity contribution in [2.45, 2.75) is 38.3 Å². The Morgan fingerprint density at radius 1 is 1.36 bits per heavy atom. The average Bonchev–Trinajstić information content (AvgIpc) is 3.07. The highest BCUT2D eigenvalue weighted by Gasteiger charge is 2.65. The number of aromatic nitrogens is 3. The zero-order chi connectivity index (χ0) is 15.2. The van der Waals surface area contributed by atoms with E-state index in [-0.39, 0.29) is 16.8 Å². The first kappa shape index (κ1) is 13.9. The summed E-state index contributed by atoms with van der Waals surface area (Å²) in [5.41, 5.74) is 1.21. The summed E-state index contributed by atoms with van der Waals surface area (Å²) in [6, 6.07) is 6.84. The van der Waals surface area contributed by atoms with Crippen LogP contribution in [0.25, 0.3) is 0 Å². The summed E-state index contributed by atoms with van der Waals surface area (Å²) in [7, 11) is 0. The molecule has 1 saturated heterocycles. The molecule has 116 valence electrons. The van der Waals surface area contributed by atoms with Crippen LogP contribution in [-0.4, -0.2) is 27.0 Å². The molecule has 1 aromatic heterocycles. The van der Waals surface area contributed by atoms with Crippen LogP contribution in [0.1, 0.15) is 25.3 Å². The molecule has 0 spiro atoms. The quantitative estimate of drug-likeness (QED) is 0.872. The molecule has 3 atom stereocenters. The summed E-state index contributed by atoms with van der Waals surface area (Å²) >= 11 is 0. The lowest BCUT2D eigenvalue weighted by Gasteiger charge is -2.56. The Balaban J connectivity index is 1.59. The van der Waals surface area contributed by atoms with Crippen LogP contribution in [0.4, 0.5) is 4.39 Å². The van der Waals surface area contributed by atoms with E-state index in [1.807, 2.05) is 16.8 Å². The van der Waals surface area contributed by atoms with Crippen LogP contribution in [0.15, 0.2) is 36.9 Å². The van der Waals surface area contributed by atoms with Crippen LogP contribution in [0.3, 0.4) is 0 Å². The first-order valence-corrected chi connectivity index (χ1v) is 7.82. The predicted molar refractivity (Wildman–Crippen MR) is 79.6 cm³/mol. The fraction of sp³-hybridized carbons (Fsp3) is 0.529. The Morgan fingerprint density at radius 3 is 2.82 bits per heavy atom. The number of nitrogens with zero attached hydrogens (tertiary/aromatic N) is 3. The van der Waals surface area contributed by atoms with E-state index in [0.29, 0.717) is 5.92 Å². The molecule has 22 heavy (non-hydrogen) atoms. The number of ether oxygens (including phenoxy) is 1. The largest absolute Gasteiger partial charge is 0.371 e. The second-order valence-corrected chi connectivity index (χ2v) is 6.90. The summed E-state index contributed by atoms with van der Waals surface area (Å²) in [4.78, 5) is 4.04. The van der Waals surface area contributed by atoms with Crippen molar-refractivity contribution in [2.24, 2.45) is 11.3 Å². The lowest BCUT2D eigenvalue weighted by molar-refractivity contribution is -0.268.